The van der Waals surface area contributed by atoms with E-state index in [2.05, 4.69) is 0 Å². The van der Waals surface area contributed by atoms with Gasteiger partial charge in [-0.1, -0.05) is 11.6 Å². The highest BCUT2D eigenvalue weighted by Crippen LogP contribution is 2.61. The van der Waals surface area contributed by atoms with E-state index >= 15 is 0 Å². The number of halogens is 1. The van der Waals surface area contributed by atoms with E-state index in [-0.39, 0.29) is 47.0 Å². The summed E-state index contributed by atoms with van der Waals surface area (Å²) in [5.41, 5.74) is 0. The van der Waals surface area contributed by atoms with Gasteiger partial charge in [0.1, 0.15) is 6.10 Å². The Bertz CT molecular complexity index is 646. The van der Waals surface area contributed by atoms with Crippen molar-refractivity contribution in [2.24, 2.45) is 23.7 Å². The fourth-order valence-corrected chi connectivity index (χ4v) is 5.96. The minimum atomic E-state index is -0.351. The maximum absolute atomic E-state index is 12.4. The fourth-order valence-electron chi connectivity index (χ4n) is 4.38. The van der Waals surface area contributed by atoms with E-state index < -0.39 is 0 Å². The number of fused-ring (bicyclic) bond motifs is 1. The van der Waals surface area contributed by atoms with Crippen LogP contribution in [0.3, 0.4) is 0 Å². The van der Waals surface area contributed by atoms with Gasteiger partial charge in [-0.05, 0) is 43.5 Å². The van der Waals surface area contributed by atoms with Crippen molar-refractivity contribution in [2.75, 3.05) is 6.61 Å². The van der Waals surface area contributed by atoms with E-state index in [9.17, 15) is 9.59 Å². The Morgan fingerprint density at radius 1 is 1.35 bits per heavy atom. The summed E-state index contributed by atoms with van der Waals surface area (Å²) < 4.78 is 10.8. The molecule has 1 aromatic carbocycles. The summed E-state index contributed by atoms with van der Waals surface area (Å²) in [7, 11) is 0. The van der Waals surface area contributed by atoms with E-state index in [1.807, 2.05) is 24.3 Å². The van der Waals surface area contributed by atoms with Gasteiger partial charge in [-0.3, -0.25) is 9.59 Å². The standard InChI is InChI=1S/C17H17ClO4S/c1-2-21-16(19)13-11-7-10-12(13)17(20)22-14(10)15(11)23-9-5-3-8(18)4-6-9/h3-6,10-15H,2,7H2,1H3/t10-,11-,12-,13-,14+,15+/m1/s1. The minimum absolute atomic E-state index is 0.0798. The molecule has 23 heavy (non-hydrogen) atoms. The maximum atomic E-state index is 12.4. The number of hydrogen-bond acceptors (Lipinski definition) is 5. The van der Waals surface area contributed by atoms with Crippen molar-refractivity contribution in [2.45, 2.75) is 29.6 Å². The molecule has 2 saturated carbocycles. The molecule has 1 aliphatic heterocycles. The molecule has 3 aliphatic rings. The molecule has 4 nitrogen and oxygen atoms in total. The highest BCUT2D eigenvalue weighted by Gasteiger charge is 2.68. The second-order valence-corrected chi connectivity index (χ2v) is 7.99. The van der Waals surface area contributed by atoms with Crippen LogP contribution in [0, 0.1) is 23.7 Å². The Kier molecular flexibility index (Phi) is 3.81. The molecule has 6 heteroatoms. The predicted molar refractivity (Wildman–Crippen MR) is 86.2 cm³/mol. The zero-order valence-corrected chi connectivity index (χ0v) is 14.2. The van der Waals surface area contributed by atoms with Crippen LogP contribution in [-0.2, 0) is 19.1 Å². The molecule has 0 spiro atoms. The molecule has 0 radical (unpaired) electrons. The lowest BCUT2D eigenvalue weighted by atomic mass is 9.80. The Morgan fingerprint density at radius 3 is 2.78 bits per heavy atom. The first-order valence-corrected chi connectivity index (χ1v) is 9.15. The van der Waals surface area contributed by atoms with Gasteiger partial charge in [0.25, 0.3) is 0 Å². The van der Waals surface area contributed by atoms with Crippen molar-refractivity contribution in [3.63, 3.8) is 0 Å². The molecule has 0 unspecified atom stereocenters. The summed E-state index contributed by atoms with van der Waals surface area (Å²) in [5.74, 6) is -0.821. The Balaban J connectivity index is 1.60. The normalized spacial score (nSPS) is 37.0. The SMILES string of the molecule is CCOC(=O)[C@@H]1[C@H]2C[C@H]3[C@H](OC(=O)[C@H]31)[C@H]2Sc1ccc(Cl)cc1. The summed E-state index contributed by atoms with van der Waals surface area (Å²) in [4.78, 5) is 25.6. The van der Waals surface area contributed by atoms with Gasteiger partial charge in [-0.25, -0.2) is 0 Å². The monoisotopic (exact) mass is 352 g/mol. The Morgan fingerprint density at radius 2 is 2.09 bits per heavy atom. The van der Waals surface area contributed by atoms with Crippen molar-refractivity contribution in [3.8, 4) is 0 Å². The fraction of sp³-hybridized carbons (Fsp3) is 0.529. The third kappa shape index (κ3) is 2.36. The highest BCUT2D eigenvalue weighted by molar-refractivity contribution is 8.00. The van der Waals surface area contributed by atoms with Gasteiger partial charge in [-0.15, -0.1) is 11.8 Å². The number of hydrogen-bond donors (Lipinski definition) is 0. The third-order valence-corrected chi connectivity index (χ3v) is 6.88. The molecule has 6 atom stereocenters. The average Bonchev–Trinajstić information content (AvgIpc) is 3.13. The topological polar surface area (TPSA) is 52.6 Å². The maximum Gasteiger partial charge on any atom is 0.310 e. The quantitative estimate of drug-likeness (QED) is 0.779. The molecule has 122 valence electrons. The first-order valence-electron chi connectivity index (χ1n) is 7.89. The number of esters is 2. The lowest BCUT2D eigenvalue weighted by Gasteiger charge is -2.30. The number of ether oxygens (including phenoxy) is 2. The largest absolute Gasteiger partial charge is 0.466 e. The van der Waals surface area contributed by atoms with Crippen molar-refractivity contribution in [1.82, 2.24) is 0 Å². The summed E-state index contributed by atoms with van der Waals surface area (Å²) in [6.07, 6.45) is 0.791. The second-order valence-electron chi connectivity index (χ2n) is 6.30. The molecule has 1 aromatic rings. The Labute approximate surface area is 143 Å². The molecule has 1 heterocycles. The van der Waals surface area contributed by atoms with Crippen LogP contribution in [0.4, 0.5) is 0 Å². The predicted octanol–water partition coefficient (Wildman–Crippen LogP) is 3.17. The number of benzene rings is 1. The van der Waals surface area contributed by atoms with Crippen molar-refractivity contribution < 1.29 is 19.1 Å². The van der Waals surface area contributed by atoms with E-state index in [1.165, 1.54) is 0 Å². The van der Waals surface area contributed by atoms with Crippen molar-refractivity contribution in [1.29, 1.82) is 0 Å². The first kappa shape index (κ1) is 15.3. The summed E-state index contributed by atoms with van der Waals surface area (Å²) in [5, 5.41) is 0.803. The van der Waals surface area contributed by atoms with E-state index in [4.69, 9.17) is 21.1 Å². The van der Waals surface area contributed by atoms with Crippen LogP contribution in [0.15, 0.2) is 29.2 Å². The van der Waals surface area contributed by atoms with Crippen LogP contribution in [0.5, 0.6) is 0 Å². The van der Waals surface area contributed by atoms with Crippen LogP contribution < -0.4 is 0 Å². The van der Waals surface area contributed by atoms with Gasteiger partial charge in [-0.2, -0.15) is 0 Å². The van der Waals surface area contributed by atoms with Gasteiger partial charge in [0.2, 0.25) is 0 Å². The lowest BCUT2D eigenvalue weighted by molar-refractivity contribution is -0.155. The van der Waals surface area contributed by atoms with E-state index in [1.54, 1.807) is 18.7 Å². The summed E-state index contributed by atoms with van der Waals surface area (Å²) >= 11 is 7.61. The van der Waals surface area contributed by atoms with E-state index in [0.29, 0.717) is 11.6 Å². The molecule has 0 N–H and O–H groups in total. The van der Waals surface area contributed by atoms with Crippen LogP contribution in [0.2, 0.25) is 5.02 Å². The number of thioether (sulfide) groups is 1. The molecule has 2 bridgehead atoms. The lowest BCUT2D eigenvalue weighted by Crippen LogP contribution is -2.40. The molecule has 2 aliphatic carbocycles. The van der Waals surface area contributed by atoms with Gasteiger partial charge in [0.05, 0.1) is 23.7 Å². The average molecular weight is 353 g/mol. The van der Waals surface area contributed by atoms with E-state index in [0.717, 1.165) is 11.3 Å². The number of carbonyl (C=O) groups is 2. The molecule has 0 aromatic heterocycles. The molecular formula is C17H17ClO4S. The molecule has 4 rings (SSSR count). The first-order chi connectivity index (χ1) is 11.1. The van der Waals surface area contributed by atoms with Crippen LogP contribution in [-0.4, -0.2) is 29.9 Å². The van der Waals surface area contributed by atoms with Crippen LogP contribution in [0.1, 0.15) is 13.3 Å². The Hall–Kier alpha value is -1.20. The van der Waals surface area contributed by atoms with Crippen LogP contribution in [0.25, 0.3) is 0 Å². The van der Waals surface area contributed by atoms with Gasteiger partial charge in [0.15, 0.2) is 0 Å². The highest BCUT2D eigenvalue weighted by atomic mass is 35.5. The van der Waals surface area contributed by atoms with Gasteiger partial charge in [0, 0.05) is 15.8 Å². The number of rotatable bonds is 4. The molecule has 1 saturated heterocycles. The molecular weight excluding hydrogens is 336 g/mol. The minimum Gasteiger partial charge on any atom is -0.466 e. The molecule has 3 fully saturated rings. The van der Waals surface area contributed by atoms with Gasteiger partial charge >= 0.3 is 11.9 Å². The smallest absolute Gasteiger partial charge is 0.310 e. The second kappa shape index (κ2) is 5.71. The summed E-state index contributed by atoms with van der Waals surface area (Å²) in [6, 6.07) is 7.63. The van der Waals surface area contributed by atoms with Crippen molar-refractivity contribution in [3.05, 3.63) is 29.3 Å². The zero-order valence-electron chi connectivity index (χ0n) is 12.6. The van der Waals surface area contributed by atoms with Gasteiger partial charge < -0.3 is 9.47 Å². The summed E-state index contributed by atoms with van der Waals surface area (Å²) in [6.45, 7) is 2.13. The molecule has 0 amide bonds. The zero-order chi connectivity index (χ0) is 16.1. The third-order valence-electron chi connectivity index (χ3n) is 5.19. The van der Waals surface area contributed by atoms with Crippen molar-refractivity contribution >= 4 is 35.3 Å². The van der Waals surface area contributed by atoms with Crippen LogP contribution >= 0.6 is 23.4 Å². The number of carbonyl (C=O) groups excluding carboxylic acids is 2.